The van der Waals surface area contributed by atoms with Crippen LogP contribution in [0.2, 0.25) is 10.0 Å². The predicted molar refractivity (Wildman–Crippen MR) is 131 cm³/mol. The molecule has 2 aliphatic rings. The first-order chi connectivity index (χ1) is 16.4. The number of ether oxygens (including phenoxy) is 1. The first-order valence-corrected chi connectivity index (χ1v) is 13.8. The van der Waals surface area contributed by atoms with E-state index >= 15 is 0 Å². The summed E-state index contributed by atoms with van der Waals surface area (Å²) in [5.41, 5.74) is 1.16. The lowest BCUT2D eigenvalue weighted by Gasteiger charge is -2.36. The lowest BCUT2D eigenvalue weighted by molar-refractivity contribution is -0.140. The van der Waals surface area contributed by atoms with E-state index in [1.807, 2.05) is 17.0 Å². The summed E-state index contributed by atoms with van der Waals surface area (Å²) >= 11 is 12.3. The Kier molecular flexibility index (Phi) is 8.47. The molecule has 2 unspecified atom stereocenters. The van der Waals surface area contributed by atoms with Crippen LogP contribution >= 0.6 is 23.2 Å². The number of hydrogen-bond donors (Lipinski definition) is 0. The van der Waals surface area contributed by atoms with Crippen molar-refractivity contribution in [2.24, 2.45) is 0 Å². The van der Waals surface area contributed by atoms with Crippen molar-refractivity contribution in [3.8, 4) is 0 Å². The van der Waals surface area contributed by atoms with Gasteiger partial charge in [0.15, 0.2) is 0 Å². The summed E-state index contributed by atoms with van der Waals surface area (Å²) in [6.07, 6.45) is 8.73. The third-order valence-corrected chi connectivity index (χ3v) is 9.42. The first-order valence-electron chi connectivity index (χ1n) is 11.6. The molecule has 2 atom stereocenters. The Morgan fingerprint density at radius 2 is 1.71 bits per heavy atom. The normalized spacial score (nSPS) is 21.6. The molecular weight excluding hydrogens is 497 g/mol. The zero-order chi connectivity index (χ0) is 24.1. The molecule has 2 saturated heterocycles. The molecule has 2 fully saturated rings. The Morgan fingerprint density at radius 3 is 2.44 bits per heavy atom. The molecule has 1 amide bonds. The third kappa shape index (κ3) is 5.74. The van der Waals surface area contributed by atoms with Gasteiger partial charge in [0, 0.05) is 37.6 Å². The van der Waals surface area contributed by atoms with Gasteiger partial charge in [0.05, 0.1) is 16.7 Å². The molecule has 0 radical (unpaired) electrons. The average molecular weight is 526 g/mol. The molecule has 3 heterocycles. The molecule has 2 aliphatic heterocycles. The Labute approximate surface area is 211 Å². The van der Waals surface area contributed by atoms with Crippen molar-refractivity contribution in [3.63, 3.8) is 0 Å². The molecule has 0 N–H and O–H groups in total. The van der Waals surface area contributed by atoms with Gasteiger partial charge in [0.25, 0.3) is 0 Å². The highest BCUT2D eigenvalue weighted by Gasteiger charge is 2.38. The van der Waals surface area contributed by atoms with E-state index in [2.05, 4.69) is 4.98 Å². The molecule has 184 valence electrons. The molecule has 34 heavy (non-hydrogen) atoms. The molecule has 0 spiro atoms. The van der Waals surface area contributed by atoms with Crippen molar-refractivity contribution in [2.45, 2.75) is 55.5 Å². The molecule has 4 rings (SSSR count). The quantitative estimate of drug-likeness (QED) is 0.516. The zero-order valence-electron chi connectivity index (χ0n) is 18.9. The maximum atomic E-state index is 13.3. The minimum absolute atomic E-state index is 0.0553. The second kappa shape index (κ2) is 11.4. The molecule has 0 bridgehead atoms. The second-order valence-corrected chi connectivity index (χ2v) is 11.4. The average Bonchev–Trinajstić information content (AvgIpc) is 3.29. The van der Waals surface area contributed by atoms with Crippen LogP contribution in [0.1, 0.15) is 37.7 Å². The molecular formula is C24H29Cl2N3O4S. The molecule has 1 aromatic carbocycles. The van der Waals surface area contributed by atoms with E-state index in [0.717, 1.165) is 31.2 Å². The molecule has 0 aliphatic carbocycles. The van der Waals surface area contributed by atoms with Crippen molar-refractivity contribution in [2.75, 3.05) is 26.3 Å². The van der Waals surface area contributed by atoms with E-state index in [4.69, 9.17) is 27.9 Å². The number of pyridine rings is 1. The number of carbonyl (C=O) groups is 1. The monoisotopic (exact) mass is 525 g/mol. The van der Waals surface area contributed by atoms with Crippen LogP contribution < -0.4 is 0 Å². The highest BCUT2D eigenvalue weighted by Crippen LogP contribution is 2.35. The minimum Gasteiger partial charge on any atom is -0.370 e. The Morgan fingerprint density at radius 1 is 1.00 bits per heavy atom. The maximum Gasteiger partial charge on any atom is 0.248 e. The number of halogens is 2. The number of carbonyl (C=O) groups excluding carboxylic acids is 1. The smallest absolute Gasteiger partial charge is 0.248 e. The van der Waals surface area contributed by atoms with E-state index < -0.39 is 10.0 Å². The fourth-order valence-corrected chi connectivity index (χ4v) is 7.61. The van der Waals surface area contributed by atoms with Gasteiger partial charge in [-0.2, -0.15) is 4.31 Å². The van der Waals surface area contributed by atoms with Crippen LogP contribution in [0.15, 0.2) is 47.6 Å². The SMILES string of the molecule is O=C(COCC1CCCN1S(=O)(=O)c1c(Cl)cccc1Cl)N1CCCCC1Cc1ccncc1. The van der Waals surface area contributed by atoms with Crippen molar-refractivity contribution >= 4 is 39.1 Å². The summed E-state index contributed by atoms with van der Waals surface area (Å²) in [6.45, 7) is 1.17. The Balaban J connectivity index is 1.36. The summed E-state index contributed by atoms with van der Waals surface area (Å²) in [6, 6.07) is 8.38. The Hall–Kier alpha value is -1.71. The summed E-state index contributed by atoms with van der Waals surface area (Å²) in [7, 11) is -3.87. The third-order valence-electron chi connectivity index (χ3n) is 6.51. The van der Waals surface area contributed by atoms with Gasteiger partial charge in [-0.1, -0.05) is 29.3 Å². The van der Waals surface area contributed by atoms with Crippen molar-refractivity contribution in [1.82, 2.24) is 14.2 Å². The number of aromatic nitrogens is 1. The highest BCUT2D eigenvalue weighted by molar-refractivity contribution is 7.89. The van der Waals surface area contributed by atoms with Crippen molar-refractivity contribution in [1.29, 1.82) is 0 Å². The summed E-state index contributed by atoms with van der Waals surface area (Å²) in [5, 5.41) is 0.194. The number of benzene rings is 1. The first kappa shape index (κ1) is 25.4. The van der Waals surface area contributed by atoms with Gasteiger partial charge in [-0.25, -0.2) is 8.42 Å². The predicted octanol–water partition coefficient (Wildman–Crippen LogP) is 4.18. The van der Waals surface area contributed by atoms with Crippen LogP contribution in [0.3, 0.4) is 0 Å². The highest BCUT2D eigenvalue weighted by atomic mass is 35.5. The lowest BCUT2D eigenvalue weighted by atomic mass is 9.96. The van der Waals surface area contributed by atoms with Gasteiger partial charge in [-0.05, 0) is 68.4 Å². The van der Waals surface area contributed by atoms with Crippen LogP contribution in [-0.4, -0.2) is 66.9 Å². The van der Waals surface area contributed by atoms with Crippen LogP contribution in [0.5, 0.6) is 0 Å². The number of piperidine rings is 1. The number of sulfonamides is 1. The van der Waals surface area contributed by atoms with Gasteiger partial charge >= 0.3 is 0 Å². The van der Waals surface area contributed by atoms with E-state index in [-0.39, 0.29) is 46.1 Å². The van der Waals surface area contributed by atoms with Crippen LogP contribution in [-0.2, 0) is 26.0 Å². The number of amides is 1. The topological polar surface area (TPSA) is 79.8 Å². The summed E-state index contributed by atoms with van der Waals surface area (Å²) in [4.78, 5) is 18.9. The molecule has 1 aromatic heterocycles. The van der Waals surface area contributed by atoms with Crippen LogP contribution in [0, 0.1) is 0 Å². The number of rotatable bonds is 8. The lowest BCUT2D eigenvalue weighted by Crippen LogP contribution is -2.47. The number of likely N-dealkylation sites (tertiary alicyclic amines) is 1. The van der Waals surface area contributed by atoms with Crippen LogP contribution in [0.25, 0.3) is 0 Å². The number of hydrogen-bond acceptors (Lipinski definition) is 5. The zero-order valence-corrected chi connectivity index (χ0v) is 21.2. The fourth-order valence-electron chi connectivity index (χ4n) is 4.84. The van der Waals surface area contributed by atoms with Gasteiger partial charge < -0.3 is 9.64 Å². The fraction of sp³-hybridized carbons (Fsp3) is 0.500. The van der Waals surface area contributed by atoms with E-state index in [0.29, 0.717) is 25.9 Å². The number of nitrogens with zero attached hydrogens (tertiary/aromatic N) is 3. The summed E-state index contributed by atoms with van der Waals surface area (Å²) < 4.78 is 33.7. The molecule has 7 nitrogen and oxygen atoms in total. The minimum atomic E-state index is -3.87. The largest absolute Gasteiger partial charge is 0.370 e. The second-order valence-electron chi connectivity index (χ2n) is 8.77. The molecule has 0 saturated carbocycles. The van der Waals surface area contributed by atoms with E-state index in [1.54, 1.807) is 18.5 Å². The standard InChI is InChI=1S/C24H29Cl2N3O4S/c25-21-7-3-8-22(26)24(21)34(31,32)29-14-4-6-20(29)16-33-17-23(30)28-13-2-1-5-19(28)15-18-9-11-27-12-10-18/h3,7-12,19-20H,1-2,4-6,13-17H2. The van der Waals surface area contributed by atoms with Crippen molar-refractivity contribution < 1.29 is 17.9 Å². The van der Waals surface area contributed by atoms with E-state index in [1.165, 1.54) is 16.4 Å². The maximum absolute atomic E-state index is 13.3. The van der Waals surface area contributed by atoms with E-state index in [9.17, 15) is 13.2 Å². The Bertz CT molecular complexity index is 1080. The van der Waals surface area contributed by atoms with Crippen molar-refractivity contribution in [3.05, 3.63) is 58.3 Å². The van der Waals surface area contributed by atoms with Crippen LogP contribution in [0.4, 0.5) is 0 Å². The van der Waals surface area contributed by atoms with Gasteiger partial charge in [-0.15, -0.1) is 0 Å². The van der Waals surface area contributed by atoms with Gasteiger partial charge in [0.2, 0.25) is 15.9 Å². The molecule has 10 heteroatoms. The van der Waals surface area contributed by atoms with Gasteiger partial charge in [-0.3, -0.25) is 9.78 Å². The van der Waals surface area contributed by atoms with Gasteiger partial charge in [0.1, 0.15) is 11.5 Å². The molecule has 2 aromatic rings. The summed E-state index contributed by atoms with van der Waals surface area (Å²) in [5.74, 6) is -0.0553.